The second-order valence-electron chi connectivity index (χ2n) is 4.23. The fourth-order valence-electron chi connectivity index (χ4n) is 1.56. The Balaban J connectivity index is 2.81. The molecular formula is C12H18N4O2. The number of oxime groups is 1. The third-order valence-electron chi connectivity index (χ3n) is 2.83. The maximum atomic E-state index is 12.2. The first-order valence-electron chi connectivity index (χ1n) is 5.62. The van der Waals surface area contributed by atoms with Crippen LogP contribution >= 0.6 is 0 Å². The normalized spacial score (nSPS) is 13.2. The molecule has 1 aromatic heterocycles. The second kappa shape index (κ2) is 6.00. The highest BCUT2D eigenvalue weighted by atomic mass is 16.4. The van der Waals surface area contributed by atoms with Crippen molar-refractivity contribution >= 4 is 11.7 Å². The van der Waals surface area contributed by atoms with Crippen molar-refractivity contribution in [3.8, 4) is 0 Å². The van der Waals surface area contributed by atoms with E-state index in [2.05, 4.69) is 10.1 Å². The molecule has 0 aliphatic carbocycles. The quantitative estimate of drug-likeness (QED) is 0.361. The molecular weight excluding hydrogens is 232 g/mol. The number of aromatic nitrogens is 1. The fraction of sp³-hybridized carbons (Fsp3) is 0.417. The smallest absolute Gasteiger partial charge is 0.272 e. The Kier molecular flexibility index (Phi) is 4.65. The largest absolute Gasteiger partial charge is 0.409 e. The molecule has 98 valence electrons. The zero-order chi connectivity index (χ0) is 13.7. The SMILES string of the molecule is Cc1cccnc1C(=O)N(C)C(C)CC(N)=NO. The van der Waals surface area contributed by atoms with Crippen LogP contribution in [0.2, 0.25) is 0 Å². The number of hydrogen-bond donors (Lipinski definition) is 2. The second-order valence-corrected chi connectivity index (χ2v) is 4.23. The molecule has 0 bridgehead atoms. The van der Waals surface area contributed by atoms with Crippen LogP contribution in [-0.4, -0.2) is 39.9 Å². The number of aryl methyl sites for hydroxylation is 1. The van der Waals surface area contributed by atoms with Crippen molar-refractivity contribution in [2.75, 3.05) is 7.05 Å². The van der Waals surface area contributed by atoms with Gasteiger partial charge in [0.05, 0.1) is 0 Å². The van der Waals surface area contributed by atoms with Crippen LogP contribution in [0, 0.1) is 6.92 Å². The van der Waals surface area contributed by atoms with E-state index in [1.165, 1.54) is 4.90 Å². The molecule has 1 amide bonds. The topological polar surface area (TPSA) is 91.8 Å². The summed E-state index contributed by atoms with van der Waals surface area (Å²) in [5, 5.41) is 11.4. The monoisotopic (exact) mass is 250 g/mol. The lowest BCUT2D eigenvalue weighted by molar-refractivity contribution is 0.0740. The minimum absolute atomic E-state index is 0.0971. The lowest BCUT2D eigenvalue weighted by Crippen LogP contribution is -2.38. The molecule has 6 nitrogen and oxygen atoms in total. The first kappa shape index (κ1) is 14.0. The van der Waals surface area contributed by atoms with Crippen LogP contribution in [0.15, 0.2) is 23.5 Å². The molecule has 1 unspecified atom stereocenters. The van der Waals surface area contributed by atoms with Crippen LogP contribution < -0.4 is 5.73 Å². The summed E-state index contributed by atoms with van der Waals surface area (Å²) in [6.45, 7) is 3.66. The third kappa shape index (κ3) is 3.19. The average Bonchev–Trinajstić information content (AvgIpc) is 2.37. The van der Waals surface area contributed by atoms with Crippen LogP contribution in [0.3, 0.4) is 0 Å². The molecule has 0 spiro atoms. The van der Waals surface area contributed by atoms with E-state index in [1.54, 1.807) is 19.3 Å². The number of carbonyl (C=O) groups is 1. The van der Waals surface area contributed by atoms with Crippen molar-refractivity contribution in [1.29, 1.82) is 0 Å². The van der Waals surface area contributed by atoms with E-state index in [0.717, 1.165) is 5.56 Å². The number of hydrogen-bond acceptors (Lipinski definition) is 4. The molecule has 0 aromatic carbocycles. The van der Waals surface area contributed by atoms with E-state index in [1.807, 2.05) is 19.9 Å². The summed E-state index contributed by atoms with van der Waals surface area (Å²) < 4.78 is 0. The number of rotatable bonds is 4. The van der Waals surface area contributed by atoms with Crippen molar-refractivity contribution in [3.63, 3.8) is 0 Å². The van der Waals surface area contributed by atoms with E-state index in [0.29, 0.717) is 12.1 Å². The van der Waals surface area contributed by atoms with Gasteiger partial charge in [0.1, 0.15) is 11.5 Å². The molecule has 0 fully saturated rings. The molecule has 0 radical (unpaired) electrons. The van der Waals surface area contributed by atoms with E-state index < -0.39 is 0 Å². The maximum Gasteiger partial charge on any atom is 0.272 e. The predicted octanol–water partition coefficient (Wildman–Crippen LogP) is 0.987. The molecule has 1 atom stereocenters. The van der Waals surface area contributed by atoms with E-state index >= 15 is 0 Å². The van der Waals surface area contributed by atoms with Gasteiger partial charge in [-0.15, -0.1) is 0 Å². The van der Waals surface area contributed by atoms with Gasteiger partial charge in [-0.3, -0.25) is 9.78 Å². The highest BCUT2D eigenvalue weighted by Crippen LogP contribution is 2.10. The summed E-state index contributed by atoms with van der Waals surface area (Å²) in [5.41, 5.74) is 6.67. The Bertz CT molecular complexity index is 459. The first-order chi connectivity index (χ1) is 8.47. The number of amides is 1. The van der Waals surface area contributed by atoms with Crippen LogP contribution in [0.1, 0.15) is 29.4 Å². The Morgan fingerprint density at radius 1 is 1.67 bits per heavy atom. The van der Waals surface area contributed by atoms with Crippen molar-refractivity contribution in [2.45, 2.75) is 26.3 Å². The third-order valence-corrected chi connectivity index (χ3v) is 2.83. The van der Waals surface area contributed by atoms with E-state index in [-0.39, 0.29) is 17.8 Å². The number of nitrogens with two attached hydrogens (primary N) is 1. The van der Waals surface area contributed by atoms with E-state index in [9.17, 15) is 4.79 Å². The molecule has 0 aliphatic rings. The van der Waals surface area contributed by atoms with Gasteiger partial charge >= 0.3 is 0 Å². The fourth-order valence-corrected chi connectivity index (χ4v) is 1.56. The van der Waals surface area contributed by atoms with Crippen LogP contribution in [0.5, 0.6) is 0 Å². The van der Waals surface area contributed by atoms with Crippen LogP contribution in [-0.2, 0) is 0 Å². The minimum atomic E-state index is -0.175. The average molecular weight is 250 g/mol. The molecule has 1 aromatic rings. The molecule has 0 saturated carbocycles. The van der Waals surface area contributed by atoms with Crippen molar-refractivity contribution in [2.24, 2.45) is 10.9 Å². The van der Waals surface area contributed by atoms with Crippen LogP contribution in [0.4, 0.5) is 0 Å². The zero-order valence-corrected chi connectivity index (χ0v) is 10.8. The highest BCUT2D eigenvalue weighted by molar-refractivity contribution is 5.94. The number of pyridine rings is 1. The zero-order valence-electron chi connectivity index (χ0n) is 10.8. The van der Waals surface area contributed by atoms with Gasteiger partial charge in [0, 0.05) is 25.7 Å². The maximum absolute atomic E-state index is 12.2. The Morgan fingerprint density at radius 3 is 2.89 bits per heavy atom. The minimum Gasteiger partial charge on any atom is -0.409 e. The number of amidine groups is 1. The molecule has 18 heavy (non-hydrogen) atoms. The summed E-state index contributed by atoms with van der Waals surface area (Å²) >= 11 is 0. The van der Waals surface area contributed by atoms with Gasteiger partial charge in [-0.05, 0) is 25.5 Å². The summed E-state index contributed by atoms with van der Waals surface area (Å²) in [4.78, 5) is 17.8. The molecule has 1 rings (SSSR count). The summed E-state index contributed by atoms with van der Waals surface area (Å²) in [6.07, 6.45) is 1.90. The van der Waals surface area contributed by atoms with E-state index in [4.69, 9.17) is 10.9 Å². The van der Waals surface area contributed by atoms with Gasteiger partial charge in [-0.1, -0.05) is 11.2 Å². The number of carbonyl (C=O) groups excluding carboxylic acids is 1. The summed E-state index contributed by atoms with van der Waals surface area (Å²) in [5.74, 6) is -0.0776. The lowest BCUT2D eigenvalue weighted by Gasteiger charge is -2.24. The molecule has 0 aliphatic heterocycles. The highest BCUT2D eigenvalue weighted by Gasteiger charge is 2.20. The van der Waals surface area contributed by atoms with Crippen molar-refractivity contribution in [3.05, 3.63) is 29.6 Å². The van der Waals surface area contributed by atoms with Crippen molar-refractivity contribution < 1.29 is 10.0 Å². The van der Waals surface area contributed by atoms with Gasteiger partial charge in [0.2, 0.25) is 0 Å². The lowest BCUT2D eigenvalue weighted by atomic mass is 10.1. The molecule has 3 N–H and O–H groups in total. The van der Waals surface area contributed by atoms with Crippen molar-refractivity contribution in [1.82, 2.24) is 9.88 Å². The van der Waals surface area contributed by atoms with Gasteiger partial charge in [0.25, 0.3) is 5.91 Å². The van der Waals surface area contributed by atoms with Gasteiger partial charge in [-0.2, -0.15) is 0 Å². The van der Waals surface area contributed by atoms with Gasteiger partial charge < -0.3 is 15.8 Å². The molecule has 6 heteroatoms. The Labute approximate surface area is 106 Å². The Morgan fingerprint density at radius 2 is 2.33 bits per heavy atom. The molecule has 0 saturated heterocycles. The van der Waals surface area contributed by atoms with Gasteiger partial charge in [0.15, 0.2) is 0 Å². The van der Waals surface area contributed by atoms with Gasteiger partial charge in [-0.25, -0.2) is 0 Å². The molecule has 1 heterocycles. The predicted molar refractivity (Wildman–Crippen MR) is 68.6 cm³/mol. The number of nitrogens with zero attached hydrogens (tertiary/aromatic N) is 3. The summed E-state index contributed by atoms with van der Waals surface area (Å²) in [6, 6.07) is 3.45. The first-order valence-corrected chi connectivity index (χ1v) is 5.62. The summed E-state index contributed by atoms with van der Waals surface area (Å²) in [7, 11) is 1.67. The van der Waals surface area contributed by atoms with Crippen LogP contribution in [0.25, 0.3) is 0 Å². The standard InChI is InChI=1S/C12H18N4O2/c1-8-5-4-6-14-11(8)12(17)16(3)9(2)7-10(13)15-18/h4-6,9,18H,7H2,1-3H3,(H2,13,15). The Hall–Kier alpha value is -2.11.